The van der Waals surface area contributed by atoms with Gasteiger partial charge in [0.15, 0.2) is 0 Å². The summed E-state index contributed by atoms with van der Waals surface area (Å²) in [6.07, 6.45) is -0.341. The van der Waals surface area contributed by atoms with Crippen LogP contribution in [0.4, 0.5) is 10.5 Å². The van der Waals surface area contributed by atoms with Gasteiger partial charge in [0.1, 0.15) is 0 Å². The van der Waals surface area contributed by atoms with Crippen molar-refractivity contribution in [2.75, 3.05) is 38.5 Å². The predicted molar refractivity (Wildman–Crippen MR) is 80.4 cm³/mol. The first-order chi connectivity index (χ1) is 10.0. The summed E-state index contributed by atoms with van der Waals surface area (Å²) in [6.45, 7) is 3.90. The van der Waals surface area contributed by atoms with Crippen LogP contribution in [0.2, 0.25) is 5.02 Å². The van der Waals surface area contributed by atoms with E-state index in [9.17, 15) is 9.59 Å². The molecular formula is C14H18ClN3O3. The molecule has 1 fully saturated rings. The molecule has 0 saturated carbocycles. The zero-order valence-corrected chi connectivity index (χ0v) is 12.6. The van der Waals surface area contributed by atoms with Gasteiger partial charge < -0.3 is 20.3 Å². The van der Waals surface area contributed by atoms with Crippen LogP contribution in [0, 0.1) is 0 Å². The summed E-state index contributed by atoms with van der Waals surface area (Å²) in [5.74, 6) is -0.171. The molecule has 1 saturated heterocycles. The number of carbonyl (C=O) groups excluding carboxylic acids is 2. The minimum atomic E-state index is -0.341. The molecule has 2 rings (SSSR count). The quantitative estimate of drug-likeness (QED) is 0.846. The number of piperazine rings is 1. The number of amides is 2. The van der Waals surface area contributed by atoms with Crippen LogP contribution in [-0.2, 0) is 4.74 Å². The second kappa shape index (κ2) is 6.67. The summed E-state index contributed by atoms with van der Waals surface area (Å²) in [7, 11) is 0. The number of nitrogens with two attached hydrogens (primary N) is 1. The second-order valence-electron chi connectivity index (χ2n) is 4.69. The van der Waals surface area contributed by atoms with Crippen LogP contribution in [-0.4, -0.2) is 54.6 Å². The highest BCUT2D eigenvalue weighted by Gasteiger charge is 2.26. The summed E-state index contributed by atoms with van der Waals surface area (Å²) in [6, 6.07) is 5.00. The fourth-order valence-electron chi connectivity index (χ4n) is 2.19. The normalized spacial score (nSPS) is 15.0. The Labute approximate surface area is 128 Å². The highest BCUT2D eigenvalue weighted by atomic mass is 35.5. The summed E-state index contributed by atoms with van der Waals surface area (Å²) in [5.41, 5.74) is 6.48. The Bertz CT molecular complexity index is 542. The summed E-state index contributed by atoms with van der Waals surface area (Å²) in [5, 5.41) is 0.273. The third-order valence-electron chi connectivity index (χ3n) is 3.35. The van der Waals surface area contributed by atoms with E-state index in [0.717, 1.165) is 0 Å². The van der Waals surface area contributed by atoms with Crippen molar-refractivity contribution < 1.29 is 14.3 Å². The lowest BCUT2D eigenvalue weighted by Crippen LogP contribution is -2.50. The molecule has 114 valence electrons. The van der Waals surface area contributed by atoms with Crippen molar-refractivity contribution in [2.24, 2.45) is 0 Å². The van der Waals surface area contributed by atoms with Gasteiger partial charge in [-0.25, -0.2) is 4.79 Å². The molecule has 1 aliphatic rings. The van der Waals surface area contributed by atoms with Crippen molar-refractivity contribution in [3.05, 3.63) is 28.8 Å². The van der Waals surface area contributed by atoms with Gasteiger partial charge in [0.2, 0.25) is 0 Å². The van der Waals surface area contributed by atoms with Gasteiger partial charge >= 0.3 is 6.09 Å². The van der Waals surface area contributed by atoms with E-state index < -0.39 is 0 Å². The molecule has 0 bridgehead atoms. The monoisotopic (exact) mass is 311 g/mol. The Morgan fingerprint density at radius 1 is 1.24 bits per heavy atom. The molecular weight excluding hydrogens is 294 g/mol. The van der Waals surface area contributed by atoms with Gasteiger partial charge in [0, 0.05) is 26.2 Å². The number of anilines is 1. The minimum absolute atomic E-state index is 0.171. The van der Waals surface area contributed by atoms with E-state index in [0.29, 0.717) is 44.0 Å². The van der Waals surface area contributed by atoms with Crippen molar-refractivity contribution in [1.82, 2.24) is 9.80 Å². The van der Waals surface area contributed by atoms with E-state index in [-0.39, 0.29) is 17.0 Å². The van der Waals surface area contributed by atoms with E-state index in [2.05, 4.69) is 0 Å². The van der Waals surface area contributed by atoms with Gasteiger partial charge in [0.25, 0.3) is 5.91 Å². The third kappa shape index (κ3) is 3.39. The molecule has 0 unspecified atom stereocenters. The Hall–Kier alpha value is -1.95. The molecule has 1 aliphatic heterocycles. The third-order valence-corrected chi connectivity index (χ3v) is 3.77. The number of ether oxygens (including phenoxy) is 1. The van der Waals surface area contributed by atoms with Crippen molar-refractivity contribution in [3.8, 4) is 0 Å². The molecule has 0 aliphatic carbocycles. The summed E-state index contributed by atoms with van der Waals surface area (Å²) < 4.78 is 4.94. The maximum absolute atomic E-state index is 12.4. The first-order valence-corrected chi connectivity index (χ1v) is 7.17. The maximum Gasteiger partial charge on any atom is 0.409 e. The Balaban J connectivity index is 2.00. The van der Waals surface area contributed by atoms with E-state index >= 15 is 0 Å². The molecule has 0 atom stereocenters. The number of nitrogens with zero attached hydrogens (tertiary/aromatic N) is 2. The molecule has 0 spiro atoms. The first kappa shape index (κ1) is 15.4. The number of halogens is 1. The Morgan fingerprint density at radius 3 is 2.48 bits per heavy atom. The van der Waals surface area contributed by atoms with Gasteiger partial charge in [0.05, 0.1) is 22.9 Å². The zero-order valence-electron chi connectivity index (χ0n) is 11.8. The van der Waals surface area contributed by atoms with Gasteiger partial charge in [-0.3, -0.25) is 4.79 Å². The number of benzene rings is 1. The minimum Gasteiger partial charge on any atom is -0.450 e. The van der Waals surface area contributed by atoms with Crippen molar-refractivity contribution in [2.45, 2.75) is 6.92 Å². The number of carbonyl (C=O) groups is 2. The van der Waals surface area contributed by atoms with E-state index in [1.807, 2.05) is 0 Å². The number of hydrogen-bond donors (Lipinski definition) is 1. The number of nitrogen functional groups attached to an aromatic ring is 1. The van der Waals surface area contributed by atoms with E-state index in [1.54, 1.807) is 34.9 Å². The predicted octanol–water partition coefficient (Wildman–Crippen LogP) is 1.84. The standard InChI is InChI=1S/C14H18ClN3O3/c1-2-21-14(20)18-8-6-17(7-9-18)13(19)10-4-3-5-11(16)12(10)15/h3-5H,2,6-9,16H2,1H3. The van der Waals surface area contributed by atoms with Crippen molar-refractivity contribution in [3.63, 3.8) is 0 Å². The molecule has 1 heterocycles. The fraction of sp³-hybridized carbons (Fsp3) is 0.429. The fourth-order valence-corrected chi connectivity index (χ4v) is 2.40. The van der Waals surface area contributed by atoms with Crippen LogP contribution < -0.4 is 5.73 Å². The molecule has 6 nitrogen and oxygen atoms in total. The molecule has 21 heavy (non-hydrogen) atoms. The number of rotatable bonds is 2. The second-order valence-corrected chi connectivity index (χ2v) is 5.06. The molecule has 0 radical (unpaired) electrons. The lowest BCUT2D eigenvalue weighted by molar-refractivity contribution is 0.0570. The van der Waals surface area contributed by atoms with Crippen LogP contribution in [0.15, 0.2) is 18.2 Å². The SMILES string of the molecule is CCOC(=O)N1CCN(C(=O)c2cccc(N)c2Cl)CC1. The molecule has 1 aromatic carbocycles. The van der Waals surface area contributed by atoms with Crippen LogP contribution in [0.25, 0.3) is 0 Å². The van der Waals surface area contributed by atoms with Crippen LogP contribution in [0.5, 0.6) is 0 Å². The maximum atomic E-state index is 12.4. The first-order valence-electron chi connectivity index (χ1n) is 6.79. The molecule has 7 heteroatoms. The lowest BCUT2D eigenvalue weighted by atomic mass is 10.1. The van der Waals surface area contributed by atoms with Crippen molar-refractivity contribution in [1.29, 1.82) is 0 Å². The number of hydrogen-bond acceptors (Lipinski definition) is 4. The smallest absolute Gasteiger partial charge is 0.409 e. The van der Waals surface area contributed by atoms with E-state index in [4.69, 9.17) is 22.1 Å². The molecule has 2 amide bonds. The van der Waals surface area contributed by atoms with Crippen LogP contribution >= 0.6 is 11.6 Å². The highest BCUT2D eigenvalue weighted by Crippen LogP contribution is 2.24. The Morgan fingerprint density at radius 2 is 1.86 bits per heavy atom. The topological polar surface area (TPSA) is 75.9 Å². The Kier molecular flexibility index (Phi) is 4.90. The van der Waals surface area contributed by atoms with Crippen molar-refractivity contribution >= 4 is 29.3 Å². The van der Waals surface area contributed by atoms with Gasteiger partial charge in [-0.1, -0.05) is 17.7 Å². The van der Waals surface area contributed by atoms with Gasteiger partial charge in [-0.15, -0.1) is 0 Å². The largest absolute Gasteiger partial charge is 0.450 e. The summed E-state index contributed by atoms with van der Waals surface area (Å²) in [4.78, 5) is 27.3. The average molecular weight is 312 g/mol. The average Bonchev–Trinajstić information content (AvgIpc) is 2.50. The van der Waals surface area contributed by atoms with E-state index in [1.165, 1.54) is 0 Å². The van der Waals surface area contributed by atoms with Crippen LogP contribution in [0.3, 0.4) is 0 Å². The molecule has 2 N–H and O–H groups in total. The van der Waals surface area contributed by atoms with Crippen LogP contribution in [0.1, 0.15) is 17.3 Å². The summed E-state index contributed by atoms with van der Waals surface area (Å²) >= 11 is 6.07. The van der Waals surface area contributed by atoms with Gasteiger partial charge in [-0.05, 0) is 19.1 Å². The highest BCUT2D eigenvalue weighted by molar-refractivity contribution is 6.36. The zero-order chi connectivity index (χ0) is 15.4. The molecule has 1 aromatic rings. The molecule has 0 aromatic heterocycles. The lowest BCUT2D eigenvalue weighted by Gasteiger charge is -2.34. The van der Waals surface area contributed by atoms with Gasteiger partial charge in [-0.2, -0.15) is 0 Å².